The van der Waals surface area contributed by atoms with Gasteiger partial charge in [0.15, 0.2) is 0 Å². The van der Waals surface area contributed by atoms with E-state index in [1.807, 2.05) is 0 Å². The maximum Gasteiger partial charge on any atom is 0.460 e. The van der Waals surface area contributed by atoms with Crippen LogP contribution in [0.4, 0.5) is 48.3 Å². The highest BCUT2D eigenvalue weighted by molar-refractivity contribution is 5.66. The number of hydrogen-bond acceptors (Lipinski definition) is 1. The van der Waals surface area contributed by atoms with Crippen molar-refractivity contribution < 1.29 is 58.2 Å². The van der Waals surface area contributed by atoms with Gasteiger partial charge >= 0.3 is 35.8 Å². The summed E-state index contributed by atoms with van der Waals surface area (Å²) in [4.78, 5) is 10.0. The fourth-order valence-electron chi connectivity index (χ4n) is 1.39. The molecule has 0 aromatic heterocycles. The van der Waals surface area contributed by atoms with E-state index in [-0.39, 0.29) is 0 Å². The van der Waals surface area contributed by atoms with Crippen LogP contribution >= 0.6 is 0 Å². The molecule has 0 saturated heterocycles. The number of aliphatic carboxylic acids is 1. The van der Waals surface area contributed by atoms with E-state index >= 15 is 0 Å². The summed E-state index contributed by atoms with van der Waals surface area (Å²) in [5.41, 5.74) is 0. The zero-order valence-electron chi connectivity index (χ0n) is 10.8. The number of carboxylic acids is 1. The second-order valence-electron chi connectivity index (χ2n) is 4.53. The highest BCUT2D eigenvalue weighted by atomic mass is 19.4. The first-order valence-corrected chi connectivity index (χ1v) is 5.71. The summed E-state index contributed by atoms with van der Waals surface area (Å²) in [7, 11) is 0. The Labute approximate surface area is 121 Å². The third-order valence-electron chi connectivity index (χ3n) is 2.74. The lowest BCUT2D eigenvalue weighted by Crippen LogP contribution is -2.66. The van der Waals surface area contributed by atoms with Crippen LogP contribution in [0, 0.1) is 0 Å². The molecule has 0 atom stereocenters. The van der Waals surface area contributed by atoms with Gasteiger partial charge in [0.1, 0.15) is 0 Å². The molecule has 0 heterocycles. The fourth-order valence-corrected chi connectivity index (χ4v) is 1.39. The summed E-state index contributed by atoms with van der Waals surface area (Å²) >= 11 is 0. The number of unbranched alkanes of at least 4 members (excludes halogenated alkanes) is 1. The number of carbonyl (C=O) groups is 1. The van der Waals surface area contributed by atoms with Crippen molar-refractivity contribution in [3.05, 3.63) is 0 Å². The van der Waals surface area contributed by atoms with Gasteiger partial charge in [-0.2, -0.15) is 48.3 Å². The van der Waals surface area contributed by atoms with Crippen molar-refractivity contribution in [2.45, 2.75) is 55.5 Å². The Kier molecular flexibility index (Phi) is 5.95. The lowest BCUT2D eigenvalue weighted by atomic mass is 9.94. The summed E-state index contributed by atoms with van der Waals surface area (Å²) in [6.45, 7) is 0. The minimum atomic E-state index is -7.41. The van der Waals surface area contributed by atoms with E-state index in [0.29, 0.717) is 0 Å². The first-order chi connectivity index (χ1) is 9.92. The quantitative estimate of drug-likeness (QED) is 0.495. The second kappa shape index (κ2) is 6.30. The molecular weight excluding hydrogens is 361 g/mol. The highest BCUT2D eigenvalue weighted by Gasteiger charge is 2.86. The van der Waals surface area contributed by atoms with Crippen molar-refractivity contribution in [3.63, 3.8) is 0 Å². The molecule has 1 N–H and O–H groups in total. The Balaban J connectivity index is 5.37. The molecular formula is C10H9F11O2. The Bertz CT molecular complexity index is 427. The topological polar surface area (TPSA) is 37.3 Å². The van der Waals surface area contributed by atoms with Crippen LogP contribution in [0.25, 0.3) is 0 Å². The van der Waals surface area contributed by atoms with Gasteiger partial charge in [-0.05, 0) is 12.8 Å². The van der Waals surface area contributed by atoms with Crippen LogP contribution in [-0.4, -0.2) is 40.9 Å². The van der Waals surface area contributed by atoms with Crippen LogP contribution in [-0.2, 0) is 4.79 Å². The molecule has 0 fully saturated rings. The second-order valence-corrected chi connectivity index (χ2v) is 4.53. The number of hydrogen-bond donors (Lipinski definition) is 1. The Morgan fingerprint density at radius 1 is 0.696 bits per heavy atom. The molecule has 0 unspecified atom stereocenters. The zero-order valence-corrected chi connectivity index (χ0v) is 10.8. The smallest absolute Gasteiger partial charge is 0.460 e. The predicted octanol–water partition coefficient (Wildman–Crippen LogP) is 4.73. The monoisotopic (exact) mass is 370 g/mol. The third kappa shape index (κ3) is 3.97. The molecule has 0 aromatic carbocycles. The zero-order chi connectivity index (χ0) is 18.9. The summed E-state index contributed by atoms with van der Waals surface area (Å²) in [5, 5.41) is 8.15. The van der Waals surface area contributed by atoms with Gasteiger partial charge < -0.3 is 5.11 Å². The van der Waals surface area contributed by atoms with Gasteiger partial charge in [0.25, 0.3) is 0 Å². The van der Waals surface area contributed by atoms with Crippen LogP contribution in [0.1, 0.15) is 25.7 Å². The van der Waals surface area contributed by atoms with Gasteiger partial charge in [0.05, 0.1) is 0 Å². The lowest BCUT2D eigenvalue weighted by Gasteiger charge is -2.37. The minimum absolute atomic E-state index is 0.692. The van der Waals surface area contributed by atoms with Crippen LogP contribution in [0.3, 0.4) is 0 Å². The summed E-state index contributed by atoms with van der Waals surface area (Å²) in [6, 6.07) is 0. The van der Waals surface area contributed by atoms with E-state index in [1.165, 1.54) is 0 Å². The lowest BCUT2D eigenvalue weighted by molar-refractivity contribution is -0.422. The van der Waals surface area contributed by atoms with E-state index in [1.54, 1.807) is 0 Å². The Hall–Kier alpha value is -1.30. The molecule has 23 heavy (non-hydrogen) atoms. The standard InChI is InChI=1S/C10H9F11O2/c11-6(12,4-2-1-3-5(22)23)7(13,14)8(15,16)9(17,18)10(19,20)21/h1-4H2,(H,22,23). The maximum absolute atomic E-state index is 13.1. The van der Waals surface area contributed by atoms with Crippen molar-refractivity contribution in [2.24, 2.45) is 0 Å². The third-order valence-corrected chi connectivity index (χ3v) is 2.74. The minimum Gasteiger partial charge on any atom is -0.481 e. The average molecular weight is 370 g/mol. The molecule has 0 radical (unpaired) electrons. The molecule has 0 aliphatic carbocycles. The van der Waals surface area contributed by atoms with E-state index in [2.05, 4.69) is 0 Å². The summed E-state index contributed by atoms with van der Waals surface area (Å²) < 4.78 is 138. The van der Waals surface area contributed by atoms with Crippen molar-refractivity contribution in [3.8, 4) is 0 Å². The van der Waals surface area contributed by atoms with E-state index in [4.69, 9.17) is 5.11 Å². The first kappa shape index (κ1) is 21.7. The van der Waals surface area contributed by atoms with Crippen LogP contribution < -0.4 is 0 Å². The predicted molar refractivity (Wildman–Crippen MR) is 51.9 cm³/mol. The summed E-state index contributed by atoms with van der Waals surface area (Å²) in [6.07, 6.45) is -12.0. The van der Waals surface area contributed by atoms with Crippen molar-refractivity contribution in [1.29, 1.82) is 0 Å². The molecule has 0 bridgehead atoms. The molecule has 0 aliphatic heterocycles. The number of rotatable bonds is 8. The molecule has 0 spiro atoms. The van der Waals surface area contributed by atoms with E-state index < -0.39 is 61.5 Å². The van der Waals surface area contributed by atoms with Crippen molar-refractivity contribution in [1.82, 2.24) is 0 Å². The molecule has 0 saturated carbocycles. The van der Waals surface area contributed by atoms with E-state index in [0.717, 1.165) is 0 Å². The SMILES string of the molecule is O=C(O)CCCCC(F)(F)C(F)(F)C(F)(F)C(F)(F)C(F)(F)F. The molecule has 0 amide bonds. The van der Waals surface area contributed by atoms with Crippen LogP contribution in [0.15, 0.2) is 0 Å². The van der Waals surface area contributed by atoms with Gasteiger partial charge in [-0.3, -0.25) is 4.79 Å². The number of halogens is 11. The van der Waals surface area contributed by atoms with Gasteiger partial charge in [0.2, 0.25) is 0 Å². The first-order valence-electron chi connectivity index (χ1n) is 5.71. The van der Waals surface area contributed by atoms with Crippen LogP contribution in [0.2, 0.25) is 0 Å². The van der Waals surface area contributed by atoms with Gasteiger partial charge in [0, 0.05) is 12.8 Å². The number of alkyl halides is 11. The molecule has 0 aromatic rings. The average Bonchev–Trinajstić information content (AvgIpc) is 2.32. The van der Waals surface area contributed by atoms with Gasteiger partial charge in [-0.1, -0.05) is 0 Å². The van der Waals surface area contributed by atoms with Gasteiger partial charge in [-0.15, -0.1) is 0 Å². The van der Waals surface area contributed by atoms with Crippen molar-refractivity contribution in [2.75, 3.05) is 0 Å². The van der Waals surface area contributed by atoms with Crippen LogP contribution in [0.5, 0.6) is 0 Å². The van der Waals surface area contributed by atoms with Crippen molar-refractivity contribution >= 4 is 5.97 Å². The maximum atomic E-state index is 13.1. The number of carboxylic acid groups (broad SMARTS) is 1. The Morgan fingerprint density at radius 2 is 1.13 bits per heavy atom. The van der Waals surface area contributed by atoms with Gasteiger partial charge in [-0.25, -0.2) is 0 Å². The normalized spacial score (nSPS) is 14.9. The molecule has 2 nitrogen and oxygen atoms in total. The largest absolute Gasteiger partial charge is 0.481 e. The summed E-state index contributed by atoms with van der Waals surface area (Å²) in [5.74, 6) is -29.3. The highest BCUT2D eigenvalue weighted by Crippen LogP contribution is 2.58. The molecule has 0 aliphatic rings. The Morgan fingerprint density at radius 3 is 1.48 bits per heavy atom. The van der Waals surface area contributed by atoms with E-state index in [9.17, 15) is 53.1 Å². The molecule has 0 rings (SSSR count). The molecule has 138 valence electrons. The molecule has 13 heteroatoms. The fraction of sp³-hybridized carbons (Fsp3) is 0.900.